The number of aromatic amines is 2. The fourth-order valence-corrected chi connectivity index (χ4v) is 2.20. The van der Waals surface area contributed by atoms with E-state index in [1.54, 1.807) is 20.0 Å². The maximum absolute atomic E-state index is 11.7. The molecule has 7 heteroatoms. The highest BCUT2D eigenvalue weighted by molar-refractivity contribution is 5.95. The summed E-state index contributed by atoms with van der Waals surface area (Å²) in [5.74, 6) is 0.156. The lowest BCUT2D eigenvalue weighted by atomic mass is 10.1. The number of nitrogens with zero attached hydrogens (tertiary/aromatic N) is 2. The van der Waals surface area contributed by atoms with Crippen molar-refractivity contribution in [3.05, 3.63) is 40.4 Å². The van der Waals surface area contributed by atoms with Crippen LogP contribution in [0.5, 0.6) is 0 Å². The Morgan fingerprint density at radius 3 is 2.86 bits per heavy atom. The van der Waals surface area contributed by atoms with Crippen LogP contribution in [-0.2, 0) is 11.8 Å². The van der Waals surface area contributed by atoms with Gasteiger partial charge in [-0.15, -0.1) is 0 Å². The van der Waals surface area contributed by atoms with Crippen molar-refractivity contribution in [2.24, 2.45) is 7.05 Å². The van der Waals surface area contributed by atoms with Crippen LogP contribution in [0.4, 0.5) is 0 Å². The summed E-state index contributed by atoms with van der Waals surface area (Å²) in [4.78, 5) is 26.1. The number of fused-ring (bicyclic) bond motifs is 1. The van der Waals surface area contributed by atoms with Gasteiger partial charge in [-0.25, -0.2) is 14.7 Å². The van der Waals surface area contributed by atoms with Crippen molar-refractivity contribution in [3.8, 4) is 11.4 Å². The van der Waals surface area contributed by atoms with Crippen LogP contribution < -0.4 is 5.69 Å². The van der Waals surface area contributed by atoms with E-state index in [0.717, 1.165) is 16.5 Å². The van der Waals surface area contributed by atoms with E-state index in [2.05, 4.69) is 15.2 Å². The fraction of sp³-hybridized carbons (Fsp3) is 0.214. The SMILES string of the molecule is CCOC(=O)c1cc2cc(-c3n[nH]c(=O)n3C)ccc2[nH]1. The predicted molar refractivity (Wildman–Crippen MR) is 77.1 cm³/mol. The Bertz CT molecular complexity index is 872. The van der Waals surface area contributed by atoms with Crippen molar-refractivity contribution >= 4 is 16.9 Å². The van der Waals surface area contributed by atoms with Crippen molar-refractivity contribution in [2.45, 2.75) is 6.92 Å². The molecule has 2 heterocycles. The first-order valence-electron chi connectivity index (χ1n) is 6.52. The smallest absolute Gasteiger partial charge is 0.354 e. The number of hydrogen-bond acceptors (Lipinski definition) is 4. The summed E-state index contributed by atoms with van der Waals surface area (Å²) in [6.07, 6.45) is 0. The van der Waals surface area contributed by atoms with Gasteiger partial charge in [0.05, 0.1) is 6.61 Å². The van der Waals surface area contributed by atoms with Crippen molar-refractivity contribution in [2.75, 3.05) is 6.61 Å². The highest BCUT2D eigenvalue weighted by Crippen LogP contribution is 2.23. The second kappa shape index (κ2) is 4.93. The summed E-state index contributed by atoms with van der Waals surface area (Å²) >= 11 is 0. The number of esters is 1. The first-order chi connectivity index (χ1) is 10.1. The largest absolute Gasteiger partial charge is 0.461 e. The Hall–Kier alpha value is -2.83. The zero-order valence-electron chi connectivity index (χ0n) is 11.6. The summed E-state index contributed by atoms with van der Waals surface area (Å²) < 4.78 is 6.39. The van der Waals surface area contributed by atoms with Gasteiger partial charge in [0, 0.05) is 23.5 Å². The van der Waals surface area contributed by atoms with Gasteiger partial charge in [-0.05, 0) is 31.2 Å². The maximum Gasteiger partial charge on any atom is 0.354 e. The van der Waals surface area contributed by atoms with Gasteiger partial charge in [-0.3, -0.25) is 4.57 Å². The number of nitrogens with one attached hydrogen (secondary N) is 2. The molecule has 0 aliphatic rings. The number of ether oxygens (including phenoxy) is 1. The number of rotatable bonds is 3. The van der Waals surface area contributed by atoms with E-state index in [1.165, 1.54) is 4.57 Å². The molecular weight excluding hydrogens is 272 g/mol. The van der Waals surface area contributed by atoms with Crippen LogP contribution in [0.15, 0.2) is 29.1 Å². The Balaban J connectivity index is 2.06. The summed E-state index contributed by atoms with van der Waals surface area (Å²) in [7, 11) is 1.65. The van der Waals surface area contributed by atoms with Crippen molar-refractivity contribution in [1.82, 2.24) is 19.7 Å². The van der Waals surface area contributed by atoms with Gasteiger partial charge in [0.1, 0.15) is 5.69 Å². The van der Waals surface area contributed by atoms with E-state index in [-0.39, 0.29) is 11.7 Å². The second-order valence-corrected chi connectivity index (χ2v) is 4.62. The second-order valence-electron chi connectivity index (χ2n) is 4.62. The number of aromatic nitrogens is 4. The van der Waals surface area contributed by atoms with Gasteiger partial charge in [0.2, 0.25) is 0 Å². The average molecular weight is 286 g/mol. The lowest BCUT2D eigenvalue weighted by Gasteiger charge is -1.99. The molecule has 21 heavy (non-hydrogen) atoms. The zero-order chi connectivity index (χ0) is 15.0. The van der Waals surface area contributed by atoms with Crippen LogP contribution in [0.1, 0.15) is 17.4 Å². The van der Waals surface area contributed by atoms with Gasteiger partial charge in [0.25, 0.3) is 0 Å². The van der Waals surface area contributed by atoms with E-state index in [0.29, 0.717) is 18.1 Å². The normalized spacial score (nSPS) is 11.0. The molecule has 0 fully saturated rings. The summed E-state index contributed by atoms with van der Waals surface area (Å²) in [5.41, 5.74) is 1.74. The molecule has 2 aromatic heterocycles. The Morgan fingerprint density at radius 1 is 1.38 bits per heavy atom. The quantitative estimate of drug-likeness (QED) is 0.712. The van der Waals surface area contributed by atoms with E-state index >= 15 is 0 Å². The summed E-state index contributed by atoms with van der Waals surface area (Å²) in [5, 5.41) is 7.24. The molecule has 0 bridgehead atoms. The highest BCUT2D eigenvalue weighted by Gasteiger charge is 2.12. The molecular formula is C14H14N4O3. The molecule has 108 valence electrons. The number of carbonyl (C=O) groups excluding carboxylic acids is 1. The van der Waals surface area contributed by atoms with Gasteiger partial charge in [-0.1, -0.05) is 0 Å². The molecule has 0 saturated heterocycles. The standard InChI is InChI=1S/C14H14N4O3/c1-3-21-13(19)11-7-9-6-8(4-5-10(9)15-11)12-16-17-14(20)18(12)2/h4-7,15H,3H2,1-2H3,(H,17,20). The molecule has 3 aromatic rings. The number of hydrogen-bond donors (Lipinski definition) is 2. The minimum absolute atomic E-state index is 0.272. The summed E-state index contributed by atoms with van der Waals surface area (Å²) in [6.45, 7) is 2.09. The third kappa shape index (κ3) is 2.22. The fourth-order valence-electron chi connectivity index (χ4n) is 2.20. The van der Waals surface area contributed by atoms with Crippen LogP contribution in [0.3, 0.4) is 0 Å². The van der Waals surface area contributed by atoms with Crippen LogP contribution in [0.2, 0.25) is 0 Å². The minimum Gasteiger partial charge on any atom is -0.461 e. The Morgan fingerprint density at radius 2 is 2.19 bits per heavy atom. The van der Waals surface area contributed by atoms with E-state index in [4.69, 9.17) is 4.74 Å². The number of H-pyrrole nitrogens is 2. The maximum atomic E-state index is 11.7. The minimum atomic E-state index is -0.387. The first kappa shape index (κ1) is 13.2. The molecule has 0 amide bonds. The van der Waals surface area contributed by atoms with Crippen LogP contribution in [-0.4, -0.2) is 32.3 Å². The highest BCUT2D eigenvalue weighted by atomic mass is 16.5. The van der Waals surface area contributed by atoms with E-state index in [9.17, 15) is 9.59 Å². The predicted octanol–water partition coefficient (Wildman–Crippen LogP) is 1.43. The molecule has 3 rings (SSSR count). The van der Waals surface area contributed by atoms with Crippen LogP contribution in [0, 0.1) is 0 Å². The molecule has 0 unspecified atom stereocenters. The third-order valence-electron chi connectivity index (χ3n) is 3.25. The molecule has 2 N–H and O–H groups in total. The van der Waals surface area contributed by atoms with Crippen LogP contribution >= 0.6 is 0 Å². The van der Waals surface area contributed by atoms with Crippen molar-refractivity contribution in [3.63, 3.8) is 0 Å². The molecule has 0 aliphatic carbocycles. The van der Waals surface area contributed by atoms with Crippen molar-refractivity contribution in [1.29, 1.82) is 0 Å². The molecule has 0 atom stereocenters. The van der Waals surface area contributed by atoms with E-state index in [1.807, 2.05) is 18.2 Å². The average Bonchev–Trinajstić information content (AvgIpc) is 3.03. The van der Waals surface area contributed by atoms with Gasteiger partial charge < -0.3 is 9.72 Å². The number of benzene rings is 1. The summed E-state index contributed by atoms with van der Waals surface area (Å²) in [6, 6.07) is 7.27. The van der Waals surface area contributed by atoms with Gasteiger partial charge in [0.15, 0.2) is 5.82 Å². The molecule has 0 radical (unpaired) electrons. The molecule has 0 saturated carbocycles. The van der Waals surface area contributed by atoms with Gasteiger partial charge in [-0.2, -0.15) is 5.10 Å². The van der Waals surface area contributed by atoms with E-state index < -0.39 is 0 Å². The van der Waals surface area contributed by atoms with Crippen molar-refractivity contribution < 1.29 is 9.53 Å². The topological polar surface area (TPSA) is 92.8 Å². The first-order valence-corrected chi connectivity index (χ1v) is 6.52. The third-order valence-corrected chi connectivity index (χ3v) is 3.25. The monoisotopic (exact) mass is 286 g/mol. The molecule has 1 aromatic carbocycles. The lowest BCUT2D eigenvalue weighted by Crippen LogP contribution is -2.13. The Kier molecular flexibility index (Phi) is 3.09. The van der Waals surface area contributed by atoms with Gasteiger partial charge >= 0.3 is 11.7 Å². The number of carbonyl (C=O) groups is 1. The molecule has 0 aliphatic heterocycles. The Labute approximate surface area is 119 Å². The zero-order valence-corrected chi connectivity index (χ0v) is 11.6. The molecule has 7 nitrogen and oxygen atoms in total. The molecule has 0 spiro atoms. The lowest BCUT2D eigenvalue weighted by molar-refractivity contribution is 0.0520. The van der Waals surface area contributed by atoms with Crippen LogP contribution in [0.25, 0.3) is 22.3 Å².